The molecule has 0 spiro atoms. The summed E-state index contributed by atoms with van der Waals surface area (Å²) in [4.78, 5) is 38.7. The fourth-order valence-corrected chi connectivity index (χ4v) is 2.97. The maximum Gasteiger partial charge on any atom is 0.363 e. The third-order valence-corrected chi connectivity index (χ3v) is 4.50. The predicted molar refractivity (Wildman–Crippen MR) is 118 cm³/mol. The smallest absolute Gasteiger partial charge is 0.363 e. The van der Waals surface area contributed by atoms with Crippen molar-refractivity contribution in [2.45, 2.75) is 20.8 Å². The first kappa shape index (κ1) is 23.5. The van der Waals surface area contributed by atoms with Crippen LogP contribution in [0.3, 0.4) is 0 Å². The van der Waals surface area contributed by atoms with Gasteiger partial charge in [0, 0.05) is 17.2 Å². The fraction of sp³-hybridized carbons (Fsp3) is 0.261. The van der Waals surface area contributed by atoms with Gasteiger partial charge in [0.1, 0.15) is 0 Å². The Morgan fingerprint density at radius 1 is 1.12 bits per heavy atom. The minimum atomic E-state index is -0.686. The third-order valence-electron chi connectivity index (χ3n) is 4.50. The van der Waals surface area contributed by atoms with Gasteiger partial charge in [-0.2, -0.15) is 0 Å². The van der Waals surface area contributed by atoms with E-state index in [0.717, 1.165) is 0 Å². The number of carbonyl (C=O) groups excluding carboxylic acids is 2. The topological polar surface area (TPSA) is 127 Å². The first-order chi connectivity index (χ1) is 15.8. The average Bonchev–Trinajstić information content (AvgIpc) is 3.14. The molecule has 0 fully saturated rings. The first-order valence-corrected chi connectivity index (χ1v) is 10.2. The van der Waals surface area contributed by atoms with Crippen molar-refractivity contribution in [3.8, 4) is 11.5 Å². The van der Waals surface area contributed by atoms with Crippen LogP contribution in [0.4, 0.5) is 5.69 Å². The monoisotopic (exact) mass is 454 g/mol. The molecule has 0 aliphatic carbocycles. The van der Waals surface area contributed by atoms with E-state index >= 15 is 0 Å². The van der Waals surface area contributed by atoms with Crippen molar-refractivity contribution >= 4 is 29.6 Å². The molecule has 0 N–H and O–H groups in total. The highest BCUT2D eigenvalue weighted by atomic mass is 16.6. The van der Waals surface area contributed by atoms with Gasteiger partial charge in [-0.15, -0.1) is 0 Å². The summed E-state index contributed by atoms with van der Waals surface area (Å²) in [6.07, 6.45) is 1.50. The minimum absolute atomic E-state index is 0.0197. The quantitative estimate of drug-likeness (QED) is 0.243. The number of aliphatic imine (C=N–C) groups is 1. The van der Waals surface area contributed by atoms with Gasteiger partial charge in [0.15, 0.2) is 23.8 Å². The number of ether oxygens (including phenoxy) is 4. The van der Waals surface area contributed by atoms with Gasteiger partial charge in [-0.25, -0.2) is 14.6 Å². The number of nitro groups is 1. The molecule has 0 unspecified atom stereocenters. The van der Waals surface area contributed by atoms with E-state index in [1.165, 1.54) is 12.1 Å². The number of rotatable bonds is 9. The van der Waals surface area contributed by atoms with Gasteiger partial charge >= 0.3 is 11.9 Å². The molecule has 0 bridgehead atoms. The lowest BCUT2D eigenvalue weighted by molar-refractivity contribution is -0.385. The molecular formula is C23H22N2O8. The van der Waals surface area contributed by atoms with Crippen LogP contribution < -0.4 is 9.47 Å². The van der Waals surface area contributed by atoms with Crippen molar-refractivity contribution in [2.75, 3.05) is 19.8 Å². The SMILES string of the molecule is CCOC(=O)COc1ccc(/C=C2\N=C(c3ccc(C)c([N+](=O)[O-])c3)OC2=O)cc1OCC. The Morgan fingerprint density at radius 3 is 2.61 bits per heavy atom. The number of benzene rings is 2. The van der Waals surface area contributed by atoms with Gasteiger partial charge < -0.3 is 18.9 Å². The van der Waals surface area contributed by atoms with E-state index in [-0.39, 0.29) is 30.5 Å². The van der Waals surface area contributed by atoms with Crippen molar-refractivity contribution in [3.05, 3.63) is 68.9 Å². The van der Waals surface area contributed by atoms with Gasteiger partial charge in [0.25, 0.3) is 5.69 Å². The molecular weight excluding hydrogens is 432 g/mol. The Hall–Kier alpha value is -4.21. The van der Waals surface area contributed by atoms with Crippen molar-refractivity contribution in [3.63, 3.8) is 0 Å². The summed E-state index contributed by atoms with van der Waals surface area (Å²) in [5.74, 6) is -0.487. The Kier molecular flexibility index (Phi) is 7.39. The standard InChI is InChI=1S/C23H22N2O8/c1-4-30-20-11-15(7-9-19(20)32-13-21(26)31-5-2)10-17-23(27)33-22(24-17)16-8-6-14(3)18(12-16)25(28)29/h6-12H,4-5,13H2,1-3H3/b17-10-. The summed E-state index contributed by atoms with van der Waals surface area (Å²) in [5.41, 5.74) is 1.31. The lowest BCUT2D eigenvalue weighted by Gasteiger charge is -2.12. The maximum atomic E-state index is 12.3. The molecule has 0 saturated heterocycles. The second kappa shape index (κ2) is 10.4. The number of carbonyl (C=O) groups is 2. The zero-order chi connectivity index (χ0) is 24.0. The van der Waals surface area contributed by atoms with Crippen LogP contribution in [0, 0.1) is 17.0 Å². The lowest BCUT2D eigenvalue weighted by atomic mass is 10.1. The van der Waals surface area contributed by atoms with Crippen LogP contribution in [0.2, 0.25) is 0 Å². The molecule has 0 amide bonds. The molecule has 3 rings (SSSR count). The summed E-state index contributed by atoms with van der Waals surface area (Å²) in [7, 11) is 0. The molecule has 172 valence electrons. The summed E-state index contributed by atoms with van der Waals surface area (Å²) in [6, 6.07) is 9.37. The highest BCUT2D eigenvalue weighted by Crippen LogP contribution is 2.30. The van der Waals surface area contributed by atoms with Crippen molar-refractivity contribution < 1.29 is 33.5 Å². The molecule has 1 heterocycles. The van der Waals surface area contributed by atoms with E-state index in [4.69, 9.17) is 18.9 Å². The Morgan fingerprint density at radius 2 is 1.91 bits per heavy atom. The van der Waals surface area contributed by atoms with Crippen molar-refractivity contribution in [1.82, 2.24) is 0 Å². The zero-order valence-corrected chi connectivity index (χ0v) is 18.3. The van der Waals surface area contributed by atoms with Crippen molar-refractivity contribution in [2.24, 2.45) is 4.99 Å². The number of nitro benzene ring substituents is 1. The second-order valence-corrected chi connectivity index (χ2v) is 6.83. The molecule has 33 heavy (non-hydrogen) atoms. The van der Waals surface area contributed by atoms with Crippen LogP contribution >= 0.6 is 0 Å². The number of hydrogen-bond acceptors (Lipinski definition) is 9. The largest absolute Gasteiger partial charge is 0.490 e. The third kappa shape index (κ3) is 5.73. The summed E-state index contributed by atoms with van der Waals surface area (Å²) in [6.45, 7) is 5.45. The molecule has 1 aliphatic rings. The molecule has 0 atom stereocenters. The summed E-state index contributed by atoms with van der Waals surface area (Å²) in [5, 5.41) is 11.2. The fourth-order valence-electron chi connectivity index (χ4n) is 2.97. The number of nitrogens with zero attached hydrogens (tertiary/aromatic N) is 2. The van der Waals surface area contributed by atoms with Crippen LogP contribution in [-0.2, 0) is 19.1 Å². The molecule has 2 aromatic rings. The molecule has 2 aromatic carbocycles. The Labute approximate surface area is 189 Å². The molecule has 0 saturated carbocycles. The normalized spacial score (nSPS) is 14.0. The number of esters is 2. The second-order valence-electron chi connectivity index (χ2n) is 6.83. The van der Waals surface area contributed by atoms with Crippen molar-refractivity contribution in [1.29, 1.82) is 0 Å². The van der Waals surface area contributed by atoms with Crippen LogP contribution in [0.15, 0.2) is 47.1 Å². The Balaban J connectivity index is 1.86. The van der Waals surface area contributed by atoms with E-state index in [1.54, 1.807) is 51.1 Å². The zero-order valence-electron chi connectivity index (χ0n) is 18.3. The summed E-state index contributed by atoms with van der Waals surface area (Å²) >= 11 is 0. The van der Waals surface area contributed by atoms with Gasteiger partial charge in [-0.05, 0) is 50.6 Å². The van der Waals surface area contributed by atoms with Crippen LogP contribution in [0.1, 0.15) is 30.5 Å². The number of aryl methyl sites for hydroxylation is 1. The molecule has 0 aromatic heterocycles. The first-order valence-electron chi connectivity index (χ1n) is 10.2. The highest BCUT2D eigenvalue weighted by Gasteiger charge is 2.26. The summed E-state index contributed by atoms with van der Waals surface area (Å²) < 4.78 is 21.1. The molecule has 10 heteroatoms. The highest BCUT2D eigenvalue weighted by molar-refractivity contribution is 6.13. The Bertz CT molecular complexity index is 1150. The number of cyclic esters (lactones) is 1. The lowest BCUT2D eigenvalue weighted by Crippen LogP contribution is -2.15. The molecule has 1 aliphatic heterocycles. The molecule has 0 radical (unpaired) electrons. The van der Waals surface area contributed by atoms with E-state index < -0.39 is 16.9 Å². The van der Waals surface area contributed by atoms with Gasteiger partial charge in [0.2, 0.25) is 5.90 Å². The van der Waals surface area contributed by atoms with Crippen LogP contribution in [0.25, 0.3) is 6.08 Å². The molecule has 10 nitrogen and oxygen atoms in total. The number of hydrogen-bond donors (Lipinski definition) is 0. The van der Waals surface area contributed by atoms with E-state index in [0.29, 0.717) is 34.8 Å². The van der Waals surface area contributed by atoms with E-state index in [2.05, 4.69) is 4.99 Å². The van der Waals surface area contributed by atoms with Gasteiger partial charge in [0.05, 0.1) is 18.1 Å². The maximum absolute atomic E-state index is 12.3. The van der Waals surface area contributed by atoms with E-state index in [9.17, 15) is 19.7 Å². The van der Waals surface area contributed by atoms with Gasteiger partial charge in [-0.1, -0.05) is 12.1 Å². The van der Waals surface area contributed by atoms with Crippen LogP contribution in [0.5, 0.6) is 11.5 Å². The average molecular weight is 454 g/mol. The minimum Gasteiger partial charge on any atom is -0.490 e. The van der Waals surface area contributed by atoms with E-state index in [1.807, 2.05) is 0 Å². The predicted octanol–water partition coefficient (Wildman–Crippen LogP) is 3.59. The van der Waals surface area contributed by atoms with Gasteiger partial charge in [-0.3, -0.25) is 10.1 Å². The van der Waals surface area contributed by atoms with Crippen LogP contribution in [-0.4, -0.2) is 42.6 Å².